The molecular weight excluding hydrogens is 478 g/mol. The van der Waals surface area contributed by atoms with Gasteiger partial charge in [-0.2, -0.15) is 0 Å². The number of aliphatic hydroxyl groups excluding tert-OH is 1. The number of fused-ring (bicyclic) bond motifs is 1. The molecule has 2 aliphatic rings. The van der Waals surface area contributed by atoms with Gasteiger partial charge in [0.1, 0.15) is 0 Å². The van der Waals surface area contributed by atoms with Gasteiger partial charge in [-0.25, -0.2) is 0 Å². The van der Waals surface area contributed by atoms with E-state index in [1.165, 1.54) is 35.1 Å². The lowest BCUT2D eigenvalue weighted by molar-refractivity contribution is 0.0460. The van der Waals surface area contributed by atoms with Crippen molar-refractivity contribution in [1.82, 2.24) is 0 Å². The lowest BCUT2D eigenvalue weighted by Crippen LogP contribution is -2.37. The minimum Gasteiger partial charge on any atom is -0.393 e. The normalized spacial score (nSPS) is 27.7. The molecule has 3 heteroatoms. The van der Waals surface area contributed by atoms with Crippen LogP contribution in [0.25, 0.3) is 0 Å². The molecule has 5 unspecified atom stereocenters. The molecular formula is C36H49NO2. The third kappa shape index (κ3) is 6.40. The predicted molar refractivity (Wildman–Crippen MR) is 163 cm³/mol. The third-order valence-electron chi connectivity index (χ3n) is 10.1. The molecule has 2 aromatic rings. The number of hydrogen-bond donors (Lipinski definition) is 2. The average molecular weight is 528 g/mol. The Morgan fingerprint density at radius 3 is 2.62 bits per heavy atom. The summed E-state index contributed by atoms with van der Waals surface area (Å²) in [5.74, 6) is 1.91. The summed E-state index contributed by atoms with van der Waals surface area (Å²) in [7, 11) is 0. The Morgan fingerprint density at radius 2 is 1.92 bits per heavy atom. The van der Waals surface area contributed by atoms with Gasteiger partial charge in [-0.1, -0.05) is 79.1 Å². The fourth-order valence-electron chi connectivity index (χ4n) is 8.35. The lowest BCUT2D eigenvalue weighted by Gasteiger charge is -2.44. The number of rotatable bonds is 12. The molecule has 4 rings (SSSR count). The van der Waals surface area contributed by atoms with E-state index in [-0.39, 0.29) is 17.4 Å². The smallest absolute Gasteiger partial charge is 0.248 e. The summed E-state index contributed by atoms with van der Waals surface area (Å²) in [4.78, 5) is 11.6. The van der Waals surface area contributed by atoms with E-state index in [1.807, 2.05) is 12.1 Å². The maximum Gasteiger partial charge on any atom is 0.248 e. The molecule has 0 saturated heterocycles. The third-order valence-corrected chi connectivity index (χ3v) is 10.1. The zero-order chi connectivity index (χ0) is 28.0. The number of hydrogen-bond acceptors (Lipinski definition) is 2. The summed E-state index contributed by atoms with van der Waals surface area (Å²) < 4.78 is 0. The van der Waals surface area contributed by atoms with Gasteiger partial charge in [0.15, 0.2) is 0 Å². The van der Waals surface area contributed by atoms with Gasteiger partial charge in [0, 0.05) is 5.56 Å². The van der Waals surface area contributed by atoms with Crippen LogP contribution in [0.1, 0.15) is 105 Å². The minimum atomic E-state index is -0.366. The average Bonchev–Trinajstić information content (AvgIpc) is 3.42. The van der Waals surface area contributed by atoms with Crippen molar-refractivity contribution in [1.29, 1.82) is 0 Å². The van der Waals surface area contributed by atoms with Crippen LogP contribution < -0.4 is 5.73 Å². The standard InChI is InChI=1S/C36H49NO2/c1-5-8-15-31-22-33(28-13-9-11-25(4)20-28)34-23-32(38)24-36(31,34)30(7-3)19-18-26(6-2)16-17-27-12-10-14-29(21-27)35(37)39/h5-6,8-14,20-21,30-34,38H,7,15-19,22-24H2,1-4H3,(H2,37,39)/b8-5+,26-6?/t30-,31?,32?,33?,34?,36?/m1/s1. The van der Waals surface area contributed by atoms with Crippen LogP contribution in [0.4, 0.5) is 0 Å². The van der Waals surface area contributed by atoms with Gasteiger partial charge in [0.05, 0.1) is 6.10 Å². The van der Waals surface area contributed by atoms with Gasteiger partial charge in [0.25, 0.3) is 0 Å². The number of aryl methyl sites for hydroxylation is 2. The molecule has 0 radical (unpaired) electrons. The Morgan fingerprint density at radius 1 is 1.13 bits per heavy atom. The highest BCUT2D eigenvalue weighted by Crippen LogP contribution is 2.68. The molecule has 2 aromatic carbocycles. The number of carbonyl (C=O) groups is 1. The summed E-state index contributed by atoms with van der Waals surface area (Å²) in [5, 5.41) is 11.1. The monoisotopic (exact) mass is 527 g/mol. The minimum absolute atomic E-state index is 0.191. The molecule has 2 saturated carbocycles. The van der Waals surface area contributed by atoms with Gasteiger partial charge in [0.2, 0.25) is 5.91 Å². The zero-order valence-electron chi connectivity index (χ0n) is 24.5. The second-order valence-corrected chi connectivity index (χ2v) is 12.2. The molecule has 3 N–H and O–H groups in total. The number of carbonyl (C=O) groups excluding carboxylic acids is 1. The first-order valence-electron chi connectivity index (χ1n) is 15.2. The van der Waals surface area contributed by atoms with Crippen LogP contribution in [0.5, 0.6) is 0 Å². The van der Waals surface area contributed by atoms with Gasteiger partial charge < -0.3 is 10.8 Å². The first-order chi connectivity index (χ1) is 18.8. The second kappa shape index (κ2) is 13.1. The Bertz CT molecular complexity index is 1180. The van der Waals surface area contributed by atoms with E-state index in [0.717, 1.165) is 44.9 Å². The zero-order valence-corrected chi connectivity index (χ0v) is 24.5. The molecule has 0 aromatic heterocycles. The summed E-state index contributed by atoms with van der Waals surface area (Å²) in [6.45, 7) is 8.87. The fourth-order valence-corrected chi connectivity index (χ4v) is 8.35. The molecule has 3 nitrogen and oxygen atoms in total. The summed E-state index contributed by atoms with van der Waals surface area (Å²) in [5.41, 5.74) is 11.7. The quantitative estimate of drug-likeness (QED) is 0.273. The Labute approximate surface area is 236 Å². The van der Waals surface area contributed by atoms with Crippen LogP contribution in [0.3, 0.4) is 0 Å². The number of primary amides is 1. The number of allylic oxidation sites excluding steroid dienone is 4. The van der Waals surface area contributed by atoms with Crippen LogP contribution >= 0.6 is 0 Å². The van der Waals surface area contributed by atoms with Gasteiger partial charge in [-0.05, 0) is 124 Å². The molecule has 2 fully saturated rings. The lowest BCUT2D eigenvalue weighted by atomic mass is 9.61. The molecule has 210 valence electrons. The highest BCUT2D eigenvalue weighted by atomic mass is 16.3. The molecule has 0 aliphatic heterocycles. The Hall–Kier alpha value is -2.65. The van der Waals surface area contributed by atoms with E-state index in [4.69, 9.17) is 5.73 Å². The van der Waals surface area contributed by atoms with Crippen molar-refractivity contribution in [3.8, 4) is 0 Å². The topological polar surface area (TPSA) is 63.3 Å². The number of benzene rings is 2. The molecule has 0 spiro atoms. The van der Waals surface area contributed by atoms with E-state index in [2.05, 4.69) is 76.3 Å². The van der Waals surface area contributed by atoms with Crippen molar-refractivity contribution < 1.29 is 9.90 Å². The highest BCUT2D eigenvalue weighted by molar-refractivity contribution is 5.92. The van der Waals surface area contributed by atoms with Crippen molar-refractivity contribution in [2.75, 3.05) is 0 Å². The van der Waals surface area contributed by atoms with Crippen molar-refractivity contribution in [3.05, 3.63) is 94.6 Å². The maximum atomic E-state index is 11.6. The van der Waals surface area contributed by atoms with Crippen LogP contribution in [0.15, 0.2) is 72.3 Å². The van der Waals surface area contributed by atoms with Crippen LogP contribution in [0.2, 0.25) is 0 Å². The molecule has 0 bridgehead atoms. The van der Waals surface area contributed by atoms with Crippen molar-refractivity contribution in [2.24, 2.45) is 28.9 Å². The van der Waals surface area contributed by atoms with Gasteiger partial charge >= 0.3 is 0 Å². The van der Waals surface area contributed by atoms with Crippen LogP contribution in [0, 0.1) is 30.1 Å². The SMILES string of the molecule is CC=C(CCc1cccc(C(N)=O)c1)CC[C@@H](CC)C12CC(O)CC1C(c1cccc(C)c1)CC2C/C=C/C. The number of aliphatic hydroxyl groups is 1. The molecule has 0 heterocycles. The van der Waals surface area contributed by atoms with E-state index < -0.39 is 0 Å². The first kappa shape index (κ1) is 29.3. The van der Waals surface area contributed by atoms with Crippen LogP contribution in [-0.4, -0.2) is 17.1 Å². The van der Waals surface area contributed by atoms with E-state index >= 15 is 0 Å². The molecule has 1 amide bonds. The van der Waals surface area contributed by atoms with Crippen LogP contribution in [-0.2, 0) is 6.42 Å². The molecule has 6 atom stereocenters. The fraction of sp³-hybridized carbons (Fsp3) is 0.528. The molecule has 39 heavy (non-hydrogen) atoms. The first-order valence-corrected chi connectivity index (χ1v) is 15.2. The largest absolute Gasteiger partial charge is 0.393 e. The van der Waals surface area contributed by atoms with E-state index in [1.54, 1.807) is 6.07 Å². The summed E-state index contributed by atoms with van der Waals surface area (Å²) in [6, 6.07) is 16.9. The molecule has 2 aliphatic carbocycles. The second-order valence-electron chi connectivity index (χ2n) is 12.2. The maximum absolute atomic E-state index is 11.6. The summed E-state index contributed by atoms with van der Waals surface area (Å²) >= 11 is 0. The van der Waals surface area contributed by atoms with E-state index in [0.29, 0.717) is 29.2 Å². The van der Waals surface area contributed by atoms with Crippen molar-refractivity contribution in [3.63, 3.8) is 0 Å². The van der Waals surface area contributed by atoms with Crippen molar-refractivity contribution in [2.45, 2.75) is 97.5 Å². The predicted octanol–water partition coefficient (Wildman–Crippen LogP) is 8.31. The Balaban J connectivity index is 1.54. The number of nitrogens with two attached hydrogens (primary N) is 1. The van der Waals surface area contributed by atoms with E-state index in [9.17, 15) is 9.90 Å². The highest BCUT2D eigenvalue weighted by Gasteiger charge is 2.61. The number of amides is 1. The Kier molecular flexibility index (Phi) is 9.88. The van der Waals surface area contributed by atoms with Gasteiger partial charge in [-0.3, -0.25) is 4.79 Å². The van der Waals surface area contributed by atoms with Gasteiger partial charge in [-0.15, -0.1) is 0 Å². The van der Waals surface area contributed by atoms with Crippen molar-refractivity contribution >= 4 is 5.91 Å². The summed E-state index contributed by atoms with van der Waals surface area (Å²) in [6.07, 6.45) is 16.3.